The summed E-state index contributed by atoms with van der Waals surface area (Å²) in [4.78, 5) is 0. The Morgan fingerprint density at radius 1 is 1.13 bits per heavy atom. The lowest BCUT2D eigenvalue weighted by Gasteiger charge is -2.12. The molecule has 0 amide bonds. The molecule has 15 heavy (non-hydrogen) atoms. The van der Waals surface area contributed by atoms with Gasteiger partial charge in [-0.2, -0.15) is 0 Å². The van der Waals surface area contributed by atoms with Gasteiger partial charge in [-0.15, -0.1) is 0 Å². The lowest BCUT2D eigenvalue weighted by molar-refractivity contribution is 0.615. The van der Waals surface area contributed by atoms with Gasteiger partial charge >= 0.3 is 0 Å². The number of rotatable bonds is 2. The summed E-state index contributed by atoms with van der Waals surface area (Å²) in [6.07, 6.45) is 0. The Kier molecular flexibility index (Phi) is 3.93. The van der Waals surface area contributed by atoms with Crippen molar-refractivity contribution in [2.24, 2.45) is 5.41 Å². The lowest BCUT2D eigenvalue weighted by atomic mass is 10.0. The van der Waals surface area contributed by atoms with Gasteiger partial charge in [0.05, 0.1) is 0 Å². The average molecular weight is 221 g/mol. The van der Waals surface area contributed by atoms with Crippen LogP contribution in [0.1, 0.15) is 31.9 Å². The van der Waals surface area contributed by atoms with Gasteiger partial charge < -0.3 is 5.09 Å². The van der Waals surface area contributed by atoms with Crippen LogP contribution in [0.3, 0.4) is 0 Å². The summed E-state index contributed by atoms with van der Waals surface area (Å²) in [5, 5.41) is 3.45. The van der Waals surface area contributed by atoms with Crippen molar-refractivity contribution in [2.45, 2.75) is 34.6 Å². The third-order valence-corrected chi connectivity index (χ3v) is 3.37. The summed E-state index contributed by atoms with van der Waals surface area (Å²) in [5.41, 5.74) is 4.15. The number of hydrogen-bond acceptors (Lipinski definition) is 1. The second-order valence-corrected chi connectivity index (χ2v) is 5.74. The van der Waals surface area contributed by atoms with Crippen molar-refractivity contribution >= 4 is 19.8 Å². The van der Waals surface area contributed by atoms with Gasteiger partial charge in [0.15, 0.2) is 0 Å². The molecule has 0 spiro atoms. The molecule has 0 heterocycles. The molecule has 2 heteroatoms. The summed E-state index contributed by atoms with van der Waals surface area (Å²) < 4.78 is 0. The Morgan fingerprint density at radius 2 is 1.67 bits per heavy atom. The van der Waals surface area contributed by atoms with E-state index in [9.17, 15) is 0 Å². The molecule has 0 aliphatic heterocycles. The van der Waals surface area contributed by atoms with Crippen LogP contribution in [0.15, 0.2) is 18.2 Å². The first-order valence-electron chi connectivity index (χ1n) is 5.26. The number of aryl methyl sites for hydroxylation is 2. The zero-order valence-electron chi connectivity index (χ0n) is 10.3. The van der Waals surface area contributed by atoms with Crippen molar-refractivity contribution in [1.82, 2.24) is 0 Å². The third-order valence-electron chi connectivity index (χ3n) is 2.11. The zero-order chi connectivity index (χ0) is 11.5. The molecule has 0 unspecified atom stereocenters. The van der Waals surface area contributed by atoms with Gasteiger partial charge in [0.2, 0.25) is 0 Å². The van der Waals surface area contributed by atoms with Crippen LogP contribution in [0, 0.1) is 19.3 Å². The molecule has 1 N–H and O–H groups in total. The molecule has 1 aromatic carbocycles. The normalized spacial score (nSPS) is 12.1. The molecule has 0 radical (unpaired) electrons. The van der Waals surface area contributed by atoms with Crippen LogP contribution in [0.2, 0.25) is 0 Å². The molecule has 0 aliphatic rings. The highest BCUT2D eigenvalue weighted by atomic mass is 31.1. The highest BCUT2D eigenvalue weighted by Crippen LogP contribution is 2.23. The van der Waals surface area contributed by atoms with E-state index >= 15 is 0 Å². The van der Waals surface area contributed by atoms with Crippen LogP contribution in [-0.2, 0) is 0 Å². The lowest BCUT2D eigenvalue weighted by Crippen LogP contribution is -2.04. The Morgan fingerprint density at radius 3 is 2.13 bits per heavy atom. The summed E-state index contributed by atoms with van der Waals surface area (Å²) in [7, 11) is 1.17. The van der Waals surface area contributed by atoms with Crippen LogP contribution in [0.25, 0.3) is 0 Å². The second-order valence-electron chi connectivity index (χ2n) is 5.00. The fraction of sp³-hybridized carbons (Fsp3) is 0.462. The smallest absolute Gasteiger partial charge is 0.0474 e. The maximum atomic E-state index is 3.45. The van der Waals surface area contributed by atoms with E-state index in [0.717, 1.165) is 0 Å². The fourth-order valence-electron chi connectivity index (χ4n) is 1.28. The van der Waals surface area contributed by atoms with Gasteiger partial charge in [0.25, 0.3) is 0 Å². The first-order chi connectivity index (χ1) is 6.90. The maximum Gasteiger partial charge on any atom is 0.0474 e. The number of benzene rings is 1. The van der Waals surface area contributed by atoms with Crippen LogP contribution >= 0.6 is 8.35 Å². The van der Waals surface area contributed by atoms with E-state index in [2.05, 4.69) is 63.7 Å². The zero-order valence-corrected chi connectivity index (χ0v) is 11.2. The maximum absolute atomic E-state index is 3.45. The summed E-state index contributed by atoms with van der Waals surface area (Å²) >= 11 is 0. The molecule has 1 nitrogen and oxygen atoms in total. The van der Waals surface area contributed by atoms with E-state index in [4.69, 9.17) is 0 Å². The number of nitrogens with one attached hydrogen (secondary N) is 1. The van der Waals surface area contributed by atoms with Gasteiger partial charge in [-0.05, 0) is 36.2 Å². The minimum absolute atomic E-state index is 0.269. The topological polar surface area (TPSA) is 12.0 Å². The number of para-hydroxylation sites is 1. The monoisotopic (exact) mass is 221 g/mol. The van der Waals surface area contributed by atoms with Gasteiger partial charge in [-0.25, -0.2) is 0 Å². The highest BCUT2D eigenvalue weighted by molar-refractivity contribution is 7.40. The first-order valence-corrected chi connectivity index (χ1v) is 6.23. The van der Waals surface area contributed by atoms with Gasteiger partial charge in [-0.3, -0.25) is 0 Å². The van der Waals surface area contributed by atoms with Crippen LogP contribution in [-0.4, -0.2) is 5.80 Å². The highest BCUT2D eigenvalue weighted by Gasteiger charge is 2.04. The van der Waals surface area contributed by atoms with Crippen molar-refractivity contribution in [3.8, 4) is 0 Å². The molecular formula is C13H20NP. The quantitative estimate of drug-likeness (QED) is 0.729. The molecule has 0 bridgehead atoms. The van der Waals surface area contributed by atoms with Gasteiger partial charge in [0, 0.05) is 14.0 Å². The van der Waals surface area contributed by atoms with Crippen LogP contribution in [0.5, 0.6) is 0 Å². The first kappa shape index (κ1) is 12.3. The third kappa shape index (κ3) is 4.05. The standard InChI is InChI=1S/C13H20NP/c1-10-7-6-8-11(2)12(10)14-15-9-13(3,4)5/h6-9,14H,1-5H3. The van der Waals surface area contributed by atoms with E-state index in [1.165, 1.54) is 25.2 Å². The predicted octanol–water partition coefficient (Wildman–Crippen LogP) is 4.42. The molecule has 0 saturated heterocycles. The Balaban J connectivity index is 2.78. The van der Waals surface area contributed by atoms with Crippen LogP contribution < -0.4 is 5.09 Å². The summed E-state index contributed by atoms with van der Waals surface area (Å²) in [6.45, 7) is 10.9. The molecule has 0 aromatic heterocycles. The molecule has 1 aromatic rings. The Labute approximate surface area is 94.8 Å². The average Bonchev–Trinajstić information content (AvgIpc) is 2.08. The molecule has 0 atom stereocenters. The van der Waals surface area contributed by atoms with Crippen molar-refractivity contribution in [1.29, 1.82) is 0 Å². The summed E-state index contributed by atoms with van der Waals surface area (Å²) in [5.74, 6) is 2.28. The van der Waals surface area contributed by atoms with Crippen molar-refractivity contribution in [3.05, 3.63) is 29.3 Å². The fourth-order valence-corrected chi connectivity index (χ4v) is 2.21. The molecular weight excluding hydrogens is 201 g/mol. The number of anilines is 1. The van der Waals surface area contributed by atoms with E-state index < -0.39 is 0 Å². The number of hydrogen-bond donors (Lipinski definition) is 1. The van der Waals surface area contributed by atoms with Gasteiger partial charge in [-0.1, -0.05) is 39.0 Å². The largest absolute Gasteiger partial charge is 0.338 e. The minimum atomic E-state index is 0.269. The molecule has 0 aliphatic carbocycles. The molecule has 0 saturated carbocycles. The molecule has 1 rings (SSSR count). The van der Waals surface area contributed by atoms with E-state index in [0.29, 0.717) is 0 Å². The molecule has 82 valence electrons. The van der Waals surface area contributed by atoms with Crippen molar-refractivity contribution < 1.29 is 0 Å². The van der Waals surface area contributed by atoms with Gasteiger partial charge in [0.1, 0.15) is 0 Å². The van der Waals surface area contributed by atoms with E-state index in [1.54, 1.807) is 0 Å². The Bertz CT molecular complexity index is 341. The van der Waals surface area contributed by atoms with E-state index in [-0.39, 0.29) is 5.41 Å². The van der Waals surface area contributed by atoms with Crippen molar-refractivity contribution in [3.63, 3.8) is 0 Å². The SMILES string of the molecule is Cc1cccc(C)c1NP=CC(C)(C)C. The second kappa shape index (κ2) is 4.81. The Hall–Kier alpha value is -0.810. The predicted molar refractivity (Wildman–Crippen MR) is 72.0 cm³/mol. The van der Waals surface area contributed by atoms with Crippen molar-refractivity contribution in [2.75, 3.05) is 5.09 Å². The van der Waals surface area contributed by atoms with Crippen LogP contribution in [0.4, 0.5) is 5.69 Å². The minimum Gasteiger partial charge on any atom is -0.338 e. The molecule has 0 fully saturated rings. The summed E-state index contributed by atoms with van der Waals surface area (Å²) in [6, 6.07) is 6.38. The van der Waals surface area contributed by atoms with E-state index in [1.807, 2.05) is 0 Å².